The lowest BCUT2D eigenvalue weighted by atomic mass is 10.2. The summed E-state index contributed by atoms with van der Waals surface area (Å²) in [6, 6.07) is 4.06. The zero-order valence-electron chi connectivity index (χ0n) is 9.22. The number of sulfonamides is 1. The van der Waals surface area contributed by atoms with Crippen LogP contribution in [0, 0.1) is 5.82 Å². The highest BCUT2D eigenvalue weighted by molar-refractivity contribution is 7.92. The molecule has 0 aliphatic heterocycles. The molecule has 0 unspecified atom stereocenters. The largest absolute Gasteiger partial charge is 0.334 e. The van der Waals surface area contributed by atoms with Crippen molar-refractivity contribution in [1.82, 2.24) is 9.97 Å². The standard InChI is InChI=1S/C10H11FN4O2S/c11-8-2-1-3-9(7(8)4-12)15-18(16,17)10-5-13-6-14-10/h1-3,5-6,15H,4,12H2,(H,13,14). The number of hydrogen-bond acceptors (Lipinski definition) is 4. The average Bonchev–Trinajstić information content (AvgIpc) is 2.83. The predicted octanol–water partition coefficient (Wildman–Crippen LogP) is 0.808. The van der Waals surface area contributed by atoms with Crippen LogP contribution in [0.2, 0.25) is 0 Å². The van der Waals surface area contributed by atoms with Crippen LogP contribution in [0.3, 0.4) is 0 Å². The number of hydrogen-bond donors (Lipinski definition) is 3. The molecule has 0 saturated heterocycles. The Morgan fingerprint density at radius 2 is 2.22 bits per heavy atom. The minimum absolute atomic E-state index is 0.102. The van der Waals surface area contributed by atoms with E-state index < -0.39 is 15.8 Å². The number of nitrogens with two attached hydrogens (primary N) is 1. The van der Waals surface area contributed by atoms with Crippen molar-refractivity contribution in [1.29, 1.82) is 0 Å². The third-order valence-electron chi connectivity index (χ3n) is 2.33. The van der Waals surface area contributed by atoms with Gasteiger partial charge in [0, 0.05) is 12.1 Å². The number of nitrogens with one attached hydrogen (secondary N) is 2. The number of H-pyrrole nitrogens is 1. The Bertz CT molecular complexity index is 640. The maximum Gasteiger partial charge on any atom is 0.278 e. The van der Waals surface area contributed by atoms with Gasteiger partial charge in [0.25, 0.3) is 10.0 Å². The Kier molecular flexibility index (Phi) is 3.30. The van der Waals surface area contributed by atoms with Gasteiger partial charge in [0.2, 0.25) is 0 Å². The quantitative estimate of drug-likeness (QED) is 0.765. The molecule has 1 aromatic heterocycles. The molecular weight excluding hydrogens is 259 g/mol. The number of rotatable bonds is 4. The molecule has 0 aliphatic rings. The fraction of sp³-hybridized carbons (Fsp3) is 0.100. The van der Waals surface area contributed by atoms with Gasteiger partial charge < -0.3 is 10.7 Å². The van der Waals surface area contributed by atoms with Gasteiger partial charge in [-0.25, -0.2) is 9.37 Å². The van der Waals surface area contributed by atoms with Crippen LogP contribution in [0.5, 0.6) is 0 Å². The Morgan fingerprint density at radius 1 is 1.44 bits per heavy atom. The van der Waals surface area contributed by atoms with Crippen molar-refractivity contribution in [3.05, 3.63) is 42.1 Å². The first-order valence-corrected chi connectivity index (χ1v) is 6.51. The summed E-state index contributed by atoms with van der Waals surface area (Å²) in [5.41, 5.74) is 5.62. The topological polar surface area (TPSA) is 101 Å². The van der Waals surface area contributed by atoms with Gasteiger partial charge in [0.05, 0.1) is 18.2 Å². The van der Waals surface area contributed by atoms with Gasteiger partial charge in [-0.2, -0.15) is 8.42 Å². The van der Waals surface area contributed by atoms with E-state index in [1.54, 1.807) is 0 Å². The first-order valence-electron chi connectivity index (χ1n) is 5.03. The van der Waals surface area contributed by atoms with Gasteiger partial charge in [-0.15, -0.1) is 0 Å². The Balaban J connectivity index is 2.39. The SMILES string of the molecule is NCc1c(F)cccc1NS(=O)(=O)c1cnc[nH]1. The Morgan fingerprint density at radius 3 is 2.83 bits per heavy atom. The highest BCUT2D eigenvalue weighted by Crippen LogP contribution is 2.21. The first kappa shape index (κ1) is 12.5. The summed E-state index contributed by atoms with van der Waals surface area (Å²) >= 11 is 0. The lowest BCUT2D eigenvalue weighted by Gasteiger charge is -2.10. The number of imidazole rings is 1. The van der Waals surface area contributed by atoms with E-state index in [2.05, 4.69) is 14.7 Å². The summed E-state index contributed by atoms with van der Waals surface area (Å²) in [5, 5.41) is -0.102. The number of anilines is 1. The van der Waals surface area contributed by atoms with Gasteiger partial charge in [-0.3, -0.25) is 4.72 Å². The molecule has 6 nitrogen and oxygen atoms in total. The Labute approximate surface area is 103 Å². The van der Waals surface area contributed by atoms with Gasteiger partial charge in [0.15, 0.2) is 5.03 Å². The summed E-state index contributed by atoms with van der Waals surface area (Å²) < 4.78 is 39.5. The molecular formula is C10H11FN4O2S. The highest BCUT2D eigenvalue weighted by atomic mass is 32.2. The van der Waals surface area contributed by atoms with E-state index in [4.69, 9.17) is 5.73 Å². The zero-order chi connectivity index (χ0) is 13.2. The number of halogens is 1. The maximum absolute atomic E-state index is 13.4. The van der Waals surface area contributed by atoms with Gasteiger partial charge in [-0.05, 0) is 12.1 Å². The molecule has 0 aliphatic carbocycles. The second-order valence-electron chi connectivity index (χ2n) is 3.49. The van der Waals surface area contributed by atoms with E-state index in [9.17, 15) is 12.8 Å². The maximum atomic E-state index is 13.4. The van der Waals surface area contributed by atoms with Crippen molar-refractivity contribution in [2.24, 2.45) is 5.73 Å². The highest BCUT2D eigenvalue weighted by Gasteiger charge is 2.18. The van der Waals surface area contributed by atoms with Crippen LogP contribution in [0.15, 0.2) is 35.7 Å². The van der Waals surface area contributed by atoms with Crippen LogP contribution < -0.4 is 10.5 Å². The van der Waals surface area contributed by atoms with Crippen LogP contribution in [0.4, 0.5) is 10.1 Å². The monoisotopic (exact) mass is 270 g/mol. The lowest BCUT2D eigenvalue weighted by Crippen LogP contribution is -2.16. The third-order valence-corrected chi connectivity index (χ3v) is 3.62. The van der Waals surface area contributed by atoms with Crippen LogP contribution >= 0.6 is 0 Å². The molecule has 0 amide bonds. The smallest absolute Gasteiger partial charge is 0.278 e. The number of benzene rings is 1. The average molecular weight is 270 g/mol. The van der Waals surface area contributed by atoms with Gasteiger partial charge in [0.1, 0.15) is 5.82 Å². The molecule has 18 heavy (non-hydrogen) atoms. The van der Waals surface area contributed by atoms with Crippen LogP contribution in [0.25, 0.3) is 0 Å². The van der Waals surface area contributed by atoms with Crippen LogP contribution in [0.1, 0.15) is 5.56 Å². The second kappa shape index (κ2) is 4.75. The van der Waals surface area contributed by atoms with Crippen molar-refractivity contribution in [3.8, 4) is 0 Å². The molecule has 0 radical (unpaired) electrons. The molecule has 2 aromatic rings. The molecule has 0 bridgehead atoms. The van der Waals surface area contributed by atoms with E-state index >= 15 is 0 Å². The van der Waals surface area contributed by atoms with Crippen molar-refractivity contribution in [2.45, 2.75) is 11.6 Å². The molecule has 4 N–H and O–H groups in total. The Hall–Kier alpha value is -1.93. The molecule has 0 atom stereocenters. The molecule has 1 heterocycles. The van der Waals surface area contributed by atoms with E-state index in [0.29, 0.717) is 0 Å². The minimum Gasteiger partial charge on any atom is -0.334 e. The molecule has 1 aromatic carbocycles. The van der Waals surface area contributed by atoms with Crippen molar-refractivity contribution < 1.29 is 12.8 Å². The molecule has 96 valence electrons. The molecule has 0 fully saturated rings. The van der Waals surface area contributed by atoms with E-state index in [1.165, 1.54) is 24.5 Å². The summed E-state index contributed by atoms with van der Waals surface area (Å²) in [4.78, 5) is 6.08. The summed E-state index contributed by atoms with van der Waals surface area (Å²) in [6.45, 7) is -0.104. The van der Waals surface area contributed by atoms with Crippen LogP contribution in [-0.4, -0.2) is 18.4 Å². The molecule has 2 rings (SSSR count). The van der Waals surface area contributed by atoms with E-state index in [1.807, 2.05) is 0 Å². The predicted molar refractivity (Wildman–Crippen MR) is 63.7 cm³/mol. The van der Waals surface area contributed by atoms with Crippen molar-refractivity contribution >= 4 is 15.7 Å². The molecule has 0 spiro atoms. The van der Waals surface area contributed by atoms with Crippen LogP contribution in [-0.2, 0) is 16.6 Å². The summed E-state index contributed by atoms with van der Waals surface area (Å²) in [6.07, 6.45) is 2.40. The fourth-order valence-electron chi connectivity index (χ4n) is 1.45. The number of nitrogens with zero attached hydrogens (tertiary/aromatic N) is 1. The van der Waals surface area contributed by atoms with E-state index in [0.717, 1.165) is 6.20 Å². The van der Waals surface area contributed by atoms with Crippen molar-refractivity contribution in [3.63, 3.8) is 0 Å². The molecule has 0 saturated carbocycles. The summed E-state index contributed by atoms with van der Waals surface area (Å²) in [7, 11) is -3.81. The first-order chi connectivity index (χ1) is 8.54. The third kappa shape index (κ3) is 2.34. The summed E-state index contributed by atoms with van der Waals surface area (Å²) in [5.74, 6) is -0.553. The van der Waals surface area contributed by atoms with Crippen molar-refractivity contribution in [2.75, 3.05) is 4.72 Å². The normalized spacial score (nSPS) is 11.4. The minimum atomic E-state index is -3.81. The zero-order valence-corrected chi connectivity index (χ0v) is 10.0. The fourth-order valence-corrected chi connectivity index (χ4v) is 2.45. The van der Waals surface area contributed by atoms with Gasteiger partial charge in [-0.1, -0.05) is 6.07 Å². The lowest BCUT2D eigenvalue weighted by molar-refractivity contribution is 0.597. The number of aromatic amines is 1. The van der Waals surface area contributed by atoms with Gasteiger partial charge >= 0.3 is 0 Å². The van der Waals surface area contributed by atoms with E-state index in [-0.39, 0.29) is 22.8 Å². The second-order valence-corrected chi connectivity index (χ2v) is 5.14. The molecule has 8 heteroatoms. The number of aromatic nitrogens is 2.